The number of aliphatic carboxylic acids is 1. The Bertz CT molecular complexity index is 658. The van der Waals surface area contributed by atoms with Crippen molar-refractivity contribution < 1.29 is 19.4 Å². The van der Waals surface area contributed by atoms with E-state index in [0.717, 1.165) is 12.8 Å². The normalized spacial score (nSPS) is 11.9. The van der Waals surface area contributed by atoms with Crippen LogP contribution in [0.25, 0.3) is 0 Å². The molecule has 0 aliphatic heterocycles. The Hall–Kier alpha value is -2.04. The second-order valence-electron chi connectivity index (χ2n) is 5.42. The first-order valence-corrected chi connectivity index (χ1v) is 8.33. The fourth-order valence-corrected chi connectivity index (χ4v) is 2.40. The van der Waals surface area contributed by atoms with Crippen LogP contribution in [0.3, 0.4) is 0 Å². The van der Waals surface area contributed by atoms with Gasteiger partial charge in [0.15, 0.2) is 6.10 Å². The number of hydrogen-bond acceptors (Lipinski definition) is 3. The minimum Gasteiger partial charge on any atom is -0.479 e. The summed E-state index contributed by atoms with van der Waals surface area (Å²) in [5.74, 6) is 0.271. The first-order valence-electron chi connectivity index (χ1n) is 7.96. The molecule has 0 aliphatic rings. The molecule has 0 spiro atoms. The van der Waals surface area contributed by atoms with E-state index in [4.69, 9.17) is 21.1 Å². The third-order valence-electron chi connectivity index (χ3n) is 3.49. The molecule has 2 aromatic rings. The largest absolute Gasteiger partial charge is 0.479 e. The average molecular weight is 349 g/mol. The molecule has 24 heavy (non-hydrogen) atoms. The lowest BCUT2D eigenvalue weighted by Crippen LogP contribution is -2.27. The third kappa shape index (κ3) is 5.55. The standard InChI is InChI=1S/C19H21ClO4/c1-2-3-11-23-18(19(21)22)13-14-12-15(20)9-10-17(14)24-16-7-5-4-6-8-16/h4-10,12,18H,2-3,11,13H2,1H3,(H,21,22). The van der Waals surface area contributed by atoms with Gasteiger partial charge in [0.05, 0.1) is 0 Å². The van der Waals surface area contributed by atoms with Gasteiger partial charge in [0.25, 0.3) is 0 Å². The van der Waals surface area contributed by atoms with Crippen LogP contribution in [-0.4, -0.2) is 23.8 Å². The van der Waals surface area contributed by atoms with E-state index in [1.807, 2.05) is 37.3 Å². The molecule has 0 saturated carbocycles. The number of unbranched alkanes of at least 4 members (excludes halogenated alkanes) is 1. The quantitative estimate of drug-likeness (QED) is 0.652. The summed E-state index contributed by atoms with van der Waals surface area (Å²) >= 11 is 6.07. The van der Waals surface area contributed by atoms with Crippen LogP contribution in [0, 0.1) is 0 Å². The highest BCUT2D eigenvalue weighted by Crippen LogP contribution is 2.29. The van der Waals surface area contributed by atoms with Crippen molar-refractivity contribution in [2.45, 2.75) is 32.3 Å². The van der Waals surface area contributed by atoms with E-state index in [0.29, 0.717) is 28.7 Å². The number of carboxylic acids is 1. The topological polar surface area (TPSA) is 55.8 Å². The highest BCUT2D eigenvalue weighted by Gasteiger charge is 2.21. The zero-order chi connectivity index (χ0) is 17.4. The van der Waals surface area contributed by atoms with Crippen molar-refractivity contribution in [1.82, 2.24) is 0 Å². The van der Waals surface area contributed by atoms with E-state index in [1.165, 1.54) is 0 Å². The van der Waals surface area contributed by atoms with Crippen molar-refractivity contribution in [3.8, 4) is 11.5 Å². The van der Waals surface area contributed by atoms with Gasteiger partial charge in [-0.1, -0.05) is 43.1 Å². The second kappa shape index (κ2) is 9.30. The Morgan fingerprint density at radius 3 is 2.62 bits per heavy atom. The fourth-order valence-electron chi connectivity index (χ4n) is 2.21. The van der Waals surface area contributed by atoms with Crippen LogP contribution in [0.1, 0.15) is 25.3 Å². The Labute approximate surface area is 147 Å². The molecule has 0 radical (unpaired) electrons. The predicted molar refractivity (Wildman–Crippen MR) is 94.0 cm³/mol. The zero-order valence-corrected chi connectivity index (χ0v) is 14.3. The van der Waals surface area contributed by atoms with Crippen LogP contribution in [0.2, 0.25) is 5.02 Å². The average Bonchev–Trinajstić information content (AvgIpc) is 2.57. The molecule has 0 saturated heterocycles. The lowest BCUT2D eigenvalue weighted by Gasteiger charge is -2.17. The molecule has 2 aromatic carbocycles. The predicted octanol–water partition coefficient (Wildman–Crippen LogP) is 4.94. The van der Waals surface area contributed by atoms with Crippen LogP contribution < -0.4 is 4.74 Å². The molecule has 1 atom stereocenters. The summed E-state index contributed by atoms with van der Waals surface area (Å²) in [6.07, 6.45) is 1.05. The van der Waals surface area contributed by atoms with E-state index >= 15 is 0 Å². The number of hydrogen-bond donors (Lipinski definition) is 1. The molecule has 5 heteroatoms. The summed E-state index contributed by atoms with van der Waals surface area (Å²) in [6, 6.07) is 14.5. The number of carboxylic acid groups (broad SMARTS) is 1. The van der Waals surface area contributed by atoms with Crippen molar-refractivity contribution in [1.29, 1.82) is 0 Å². The summed E-state index contributed by atoms with van der Waals surface area (Å²) in [6.45, 7) is 2.45. The Kier molecular flexibility index (Phi) is 7.09. The number of rotatable bonds is 9. The maximum absolute atomic E-state index is 11.5. The second-order valence-corrected chi connectivity index (χ2v) is 5.86. The number of carbonyl (C=O) groups is 1. The van der Waals surface area contributed by atoms with Crippen LogP contribution in [-0.2, 0) is 16.0 Å². The molecule has 4 nitrogen and oxygen atoms in total. The maximum atomic E-state index is 11.5. The molecule has 1 N–H and O–H groups in total. The highest BCUT2D eigenvalue weighted by atomic mass is 35.5. The lowest BCUT2D eigenvalue weighted by atomic mass is 10.1. The molecule has 0 bridgehead atoms. The summed E-state index contributed by atoms with van der Waals surface area (Å²) in [7, 11) is 0. The molecule has 1 unspecified atom stereocenters. The molecule has 2 rings (SSSR count). The van der Waals surface area contributed by atoms with Gasteiger partial charge in [0.1, 0.15) is 11.5 Å². The first-order chi connectivity index (χ1) is 11.6. The summed E-state index contributed by atoms with van der Waals surface area (Å²) < 4.78 is 11.4. The highest BCUT2D eigenvalue weighted by molar-refractivity contribution is 6.30. The van der Waals surface area contributed by atoms with Crippen LogP contribution >= 0.6 is 11.6 Å². The van der Waals surface area contributed by atoms with Gasteiger partial charge in [-0.3, -0.25) is 0 Å². The van der Waals surface area contributed by atoms with Gasteiger partial charge in [-0.05, 0) is 42.3 Å². The smallest absolute Gasteiger partial charge is 0.333 e. The summed E-state index contributed by atoms with van der Waals surface area (Å²) in [5, 5.41) is 9.92. The summed E-state index contributed by atoms with van der Waals surface area (Å²) in [4.78, 5) is 11.5. The van der Waals surface area contributed by atoms with Gasteiger partial charge in [0, 0.05) is 18.1 Å². The Morgan fingerprint density at radius 1 is 1.21 bits per heavy atom. The molecule has 0 heterocycles. The minimum atomic E-state index is -0.989. The minimum absolute atomic E-state index is 0.196. The number of ether oxygens (including phenoxy) is 2. The van der Waals surface area contributed by atoms with Gasteiger partial charge in [-0.2, -0.15) is 0 Å². The van der Waals surface area contributed by atoms with E-state index in [-0.39, 0.29) is 6.42 Å². The Balaban J connectivity index is 2.17. The molecular formula is C19H21ClO4. The van der Waals surface area contributed by atoms with Gasteiger partial charge in [-0.15, -0.1) is 0 Å². The van der Waals surface area contributed by atoms with Crippen molar-refractivity contribution in [3.05, 3.63) is 59.1 Å². The molecular weight excluding hydrogens is 328 g/mol. The van der Waals surface area contributed by atoms with Crippen molar-refractivity contribution in [3.63, 3.8) is 0 Å². The van der Waals surface area contributed by atoms with Gasteiger partial charge >= 0.3 is 5.97 Å². The van der Waals surface area contributed by atoms with E-state index in [2.05, 4.69) is 0 Å². The number of para-hydroxylation sites is 1. The maximum Gasteiger partial charge on any atom is 0.333 e. The van der Waals surface area contributed by atoms with E-state index in [9.17, 15) is 9.90 Å². The van der Waals surface area contributed by atoms with Crippen LogP contribution in [0.15, 0.2) is 48.5 Å². The molecule has 0 aliphatic carbocycles. The first kappa shape index (κ1) is 18.3. The van der Waals surface area contributed by atoms with E-state index in [1.54, 1.807) is 18.2 Å². The molecule has 0 aromatic heterocycles. The zero-order valence-electron chi connectivity index (χ0n) is 13.6. The number of halogens is 1. The van der Waals surface area contributed by atoms with Crippen LogP contribution in [0.5, 0.6) is 11.5 Å². The fraction of sp³-hybridized carbons (Fsp3) is 0.316. The molecule has 0 amide bonds. The van der Waals surface area contributed by atoms with E-state index < -0.39 is 12.1 Å². The summed E-state index contributed by atoms with van der Waals surface area (Å²) in [5.41, 5.74) is 0.704. The monoisotopic (exact) mass is 348 g/mol. The molecule has 128 valence electrons. The van der Waals surface area contributed by atoms with Crippen molar-refractivity contribution in [2.75, 3.05) is 6.61 Å². The van der Waals surface area contributed by atoms with Crippen molar-refractivity contribution >= 4 is 17.6 Å². The Morgan fingerprint density at radius 2 is 1.96 bits per heavy atom. The van der Waals surface area contributed by atoms with Crippen molar-refractivity contribution in [2.24, 2.45) is 0 Å². The number of benzene rings is 2. The lowest BCUT2D eigenvalue weighted by molar-refractivity contribution is -0.150. The van der Waals surface area contributed by atoms with Crippen LogP contribution in [0.4, 0.5) is 0 Å². The third-order valence-corrected chi connectivity index (χ3v) is 3.73. The van der Waals surface area contributed by atoms with Gasteiger partial charge < -0.3 is 14.6 Å². The van der Waals surface area contributed by atoms with Gasteiger partial charge in [0.2, 0.25) is 0 Å². The molecule has 0 fully saturated rings. The SMILES string of the molecule is CCCCOC(Cc1cc(Cl)ccc1Oc1ccccc1)C(=O)O. The van der Waals surface area contributed by atoms with Gasteiger partial charge in [-0.25, -0.2) is 4.79 Å².